The Bertz CT molecular complexity index is 8020. The quantitative estimate of drug-likeness (QED) is 0.0794. The first-order chi connectivity index (χ1) is 66.1. The van der Waals surface area contributed by atoms with Crippen molar-refractivity contribution in [3.63, 3.8) is 0 Å². The Labute approximate surface area is 791 Å². The molecule has 2 aliphatic heterocycles. The smallest absolute Gasteiger partial charge is 0.164 e. The van der Waals surface area contributed by atoms with Crippen molar-refractivity contribution in [1.29, 1.82) is 0 Å². The van der Waals surface area contributed by atoms with Crippen LogP contribution in [0, 0.1) is 48.5 Å². The Hall–Kier alpha value is -16.8. The standard InChI is InChI=1S/C122H94N12O2/c1-72-36-45-81(46-37-72)109-123-110(82-47-38-73(2)39-48-82)126-113(125-109)93-29-18-25-85(64-93)89-53-58-105-101(68-89)121(8,9)102-69-90(54-59-106(102)135-105)86-26-19-30-94(65-86)114-127-111(83-49-40-74(3)41-50-83)124-112(128-114)84-51-42-79(43-52-84)63-80-44-57-100(78(7)62-80)120-132-116(131-119(134-120)99-35-17-14-24-77(99)6)96-32-21-28-88(67-96)92-56-61-108-104(71-92)122(10,11)103-70-91(55-60-107(103)136-108)87-27-20-31-95(66-87)115-129-117(97-33-15-12-22-75(97)4)133-118(130-115)98-34-16-13-23-76(98)5/h12-62,64-71H,63H2,1-11H3. The summed E-state index contributed by atoms with van der Waals surface area (Å²) in [6.45, 7) is 23.8. The van der Waals surface area contributed by atoms with Gasteiger partial charge >= 0.3 is 0 Å². The summed E-state index contributed by atoms with van der Waals surface area (Å²) in [5.74, 6) is 10.6. The third-order valence-electron chi connectivity index (χ3n) is 26.6. The molecule has 0 radical (unpaired) electrons. The lowest BCUT2D eigenvalue weighted by Crippen LogP contribution is -2.24. The number of aromatic nitrogens is 12. The molecule has 2 aliphatic rings. The van der Waals surface area contributed by atoms with Gasteiger partial charge in [0.05, 0.1) is 0 Å². The molecule has 654 valence electrons. The Morgan fingerprint density at radius 3 is 0.676 bits per heavy atom. The second-order valence-corrected chi connectivity index (χ2v) is 36.9. The van der Waals surface area contributed by atoms with Crippen LogP contribution in [-0.2, 0) is 17.3 Å². The lowest BCUT2D eigenvalue weighted by molar-refractivity contribution is 0.418. The summed E-state index contributed by atoms with van der Waals surface area (Å²) in [5.41, 5.74) is 32.8. The van der Waals surface area contributed by atoms with Crippen LogP contribution in [0.3, 0.4) is 0 Å². The molecule has 0 aliphatic carbocycles. The van der Waals surface area contributed by atoms with Gasteiger partial charge in [0.2, 0.25) is 0 Å². The van der Waals surface area contributed by atoms with Crippen molar-refractivity contribution in [3.8, 4) is 204 Å². The Kier molecular flexibility index (Phi) is 21.6. The molecule has 136 heavy (non-hydrogen) atoms. The largest absolute Gasteiger partial charge is 0.457 e. The molecule has 6 heterocycles. The summed E-state index contributed by atoms with van der Waals surface area (Å²) < 4.78 is 13.6. The van der Waals surface area contributed by atoms with Crippen LogP contribution in [0.1, 0.15) is 100 Å². The van der Waals surface area contributed by atoms with E-state index in [-0.39, 0.29) is 0 Å². The molecule has 0 bridgehead atoms. The van der Waals surface area contributed by atoms with Crippen LogP contribution in [0.2, 0.25) is 0 Å². The second kappa shape index (κ2) is 34.7. The lowest BCUT2D eigenvalue weighted by Gasteiger charge is -2.35. The van der Waals surface area contributed by atoms with Gasteiger partial charge in [-0.05, 0) is 206 Å². The monoisotopic (exact) mass is 1760 g/mol. The molecule has 0 fully saturated rings. The zero-order chi connectivity index (χ0) is 92.6. The first kappa shape index (κ1) is 84.7. The van der Waals surface area contributed by atoms with Crippen molar-refractivity contribution in [3.05, 3.63) is 430 Å². The molecule has 4 aromatic heterocycles. The van der Waals surface area contributed by atoms with Crippen LogP contribution >= 0.6 is 0 Å². The van der Waals surface area contributed by atoms with Crippen molar-refractivity contribution in [1.82, 2.24) is 59.8 Å². The summed E-state index contributed by atoms with van der Waals surface area (Å²) in [4.78, 5) is 62.1. The molecule has 22 rings (SSSR count). The van der Waals surface area contributed by atoms with E-state index in [0.717, 1.165) is 195 Å². The van der Waals surface area contributed by atoms with E-state index in [4.69, 9.17) is 69.3 Å². The van der Waals surface area contributed by atoms with Gasteiger partial charge in [0.25, 0.3) is 0 Å². The van der Waals surface area contributed by atoms with Gasteiger partial charge in [-0.2, -0.15) is 0 Å². The maximum absolute atomic E-state index is 6.82. The SMILES string of the molecule is Cc1ccc(-c2nc(-c3ccc(C)cc3)nc(-c3cccc(-c4ccc5c(c4)C(C)(C)c4cc(-c6cccc(-c7nc(-c8ccc(C)cc8)nc(-c8ccc(Cc9ccc(-c%10nc(-c%11cccc(-c%12ccc%13c(c%12)C(C)(C)c%12cc(-c%14cccc(-c%15nc(-c%16ccccc%16C)nc(-c%16ccccc%16C)n%15)c%14)ccc%12O%13)c%11)nc(-c%11ccccc%11C)n%10)c(C)c9)cc8)n7)c6)ccc4O5)c3)n2)cc1. The zero-order valence-electron chi connectivity index (χ0n) is 77.5. The van der Waals surface area contributed by atoms with E-state index in [1.54, 1.807) is 0 Å². The first-order valence-electron chi connectivity index (χ1n) is 46.1. The molecule has 0 saturated carbocycles. The highest BCUT2D eigenvalue weighted by molar-refractivity contribution is 5.83. The normalized spacial score (nSPS) is 12.6. The summed E-state index contributed by atoms with van der Waals surface area (Å²) in [6.07, 6.45) is 0.685. The van der Waals surface area contributed by atoms with E-state index in [1.165, 1.54) is 11.1 Å². The Balaban J connectivity index is 0.516. The predicted molar refractivity (Wildman–Crippen MR) is 547 cm³/mol. The first-order valence-corrected chi connectivity index (χ1v) is 46.1. The van der Waals surface area contributed by atoms with E-state index >= 15 is 0 Å². The third-order valence-corrected chi connectivity index (χ3v) is 26.6. The fourth-order valence-corrected chi connectivity index (χ4v) is 18.7. The fraction of sp³-hybridized carbons (Fsp3) is 0.115. The fourth-order valence-electron chi connectivity index (χ4n) is 18.7. The average Bonchev–Trinajstić information content (AvgIpc) is 0.739. The topological polar surface area (TPSA) is 173 Å². The van der Waals surface area contributed by atoms with Gasteiger partial charge in [0.1, 0.15) is 23.0 Å². The van der Waals surface area contributed by atoms with Crippen molar-refractivity contribution in [2.45, 2.75) is 93.4 Å². The molecule has 14 nitrogen and oxygen atoms in total. The maximum Gasteiger partial charge on any atom is 0.164 e. The second-order valence-electron chi connectivity index (χ2n) is 36.9. The third kappa shape index (κ3) is 16.5. The van der Waals surface area contributed by atoms with Gasteiger partial charge < -0.3 is 9.47 Å². The highest BCUT2D eigenvalue weighted by Crippen LogP contribution is 2.53. The van der Waals surface area contributed by atoms with E-state index in [9.17, 15) is 0 Å². The minimum Gasteiger partial charge on any atom is -0.457 e. The van der Waals surface area contributed by atoms with Crippen molar-refractivity contribution in [2.24, 2.45) is 0 Å². The summed E-state index contributed by atoms with van der Waals surface area (Å²) in [5, 5.41) is 0. The summed E-state index contributed by atoms with van der Waals surface area (Å²) in [6, 6.07) is 125. The molecule has 0 unspecified atom stereocenters. The number of fused-ring (bicyclic) bond motifs is 4. The van der Waals surface area contributed by atoms with Gasteiger partial charge in [-0.25, -0.2) is 59.8 Å². The van der Waals surface area contributed by atoms with Gasteiger partial charge in [0.15, 0.2) is 69.9 Å². The minimum atomic E-state index is -0.452. The van der Waals surface area contributed by atoms with Crippen LogP contribution in [0.15, 0.2) is 358 Å². The summed E-state index contributed by atoms with van der Waals surface area (Å²) in [7, 11) is 0. The number of hydrogen-bond acceptors (Lipinski definition) is 14. The molecule has 0 N–H and O–H groups in total. The molecule has 0 atom stereocenters. The van der Waals surface area contributed by atoms with Crippen molar-refractivity contribution < 1.29 is 9.47 Å². The van der Waals surface area contributed by atoms with Crippen LogP contribution in [0.4, 0.5) is 0 Å². The molecule has 0 saturated heterocycles. The van der Waals surface area contributed by atoms with Gasteiger partial charge in [-0.3, -0.25) is 0 Å². The van der Waals surface area contributed by atoms with Gasteiger partial charge in [-0.15, -0.1) is 0 Å². The predicted octanol–water partition coefficient (Wildman–Crippen LogP) is 29.7. The molecule has 16 aromatic carbocycles. The number of benzene rings is 16. The number of rotatable bonds is 18. The minimum absolute atomic E-state index is 0.450. The number of ether oxygens (including phenoxy) is 2. The number of nitrogens with zero attached hydrogens (tertiary/aromatic N) is 12. The average molecular weight is 1760 g/mol. The molecular formula is C122H94N12O2. The number of aryl methyl sites for hydroxylation is 7. The molecule has 0 amide bonds. The highest BCUT2D eigenvalue weighted by atomic mass is 16.5. The summed E-state index contributed by atoms with van der Waals surface area (Å²) >= 11 is 0. The molecule has 20 aromatic rings. The highest BCUT2D eigenvalue weighted by Gasteiger charge is 2.38. The van der Waals surface area contributed by atoms with E-state index in [1.807, 2.05) is 36.4 Å². The molecule has 0 spiro atoms. The van der Waals surface area contributed by atoms with Crippen molar-refractivity contribution >= 4 is 0 Å². The number of hydrogen-bond donors (Lipinski definition) is 0. The van der Waals surface area contributed by atoms with Crippen LogP contribution in [-0.4, -0.2) is 59.8 Å². The van der Waals surface area contributed by atoms with Gasteiger partial charge in [0, 0.05) is 99.8 Å². The van der Waals surface area contributed by atoms with Gasteiger partial charge in [-0.1, -0.05) is 330 Å². The van der Waals surface area contributed by atoms with Crippen molar-refractivity contribution in [2.75, 3.05) is 0 Å². The van der Waals surface area contributed by atoms with Crippen LogP contribution in [0.5, 0.6) is 23.0 Å². The zero-order valence-corrected chi connectivity index (χ0v) is 77.5. The lowest BCUT2D eigenvalue weighted by atomic mass is 9.74. The van der Waals surface area contributed by atoms with Crippen LogP contribution in [0.25, 0.3) is 181 Å². The Morgan fingerprint density at radius 1 is 0.176 bits per heavy atom. The van der Waals surface area contributed by atoms with E-state index < -0.39 is 10.8 Å². The van der Waals surface area contributed by atoms with E-state index in [2.05, 4.69) is 398 Å². The molecular weight excluding hydrogens is 1670 g/mol. The molecule has 14 heteroatoms. The van der Waals surface area contributed by atoms with E-state index in [0.29, 0.717) is 76.3 Å². The maximum atomic E-state index is 6.82. The van der Waals surface area contributed by atoms with Crippen LogP contribution < -0.4 is 9.47 Å². The Morgan fingerprint density at radius 2 is 0.397 bits per heavy atom.